The number of benzene rings is 2. The van der Waals surface area contributed by atoms with Gasteiger partial charge in [-0.15, -0.1) is 0 Å². The van der Waals surface area contributed by atoms with E-state index in [1.165, 1.54) is 21.3 Å². The topological polar surface area (TPSA) is 105 Å². The monoisotopic (exact) mass is 577 g/mol. The number of fused-ring (bicyclic) bond motifs is 1. The predicted octanol–water partition coefficient (Wildman–Crippen LogP) is 4.27. The summed E-state index contributed by atoms with van der Waals surface area (Å²) in [7, 11) is -0.676. The van der Waals surface area contributed by atoms with Crippen LogP contribution in [0.25, 0.3) is 0 Å². The number of nitrogens with one attached hydrogen (secondary N) is 1. The molecule has 3 atom stereocenters. The molecule has 1 N–H and O–H groups in total. The molecule has 9 nitrogen and oxygen atoms in total. The lowest BCUT2D eigenvalue weighted by atomic mass is 9.85. The summed E-state index contributed by atoms with van der Waals surface area (Å²) in [5.74, 6) is -0.272. The van der Waals surface area contributed by atoms with E-state index in [1.807, 2.05) is 6.92 Å². The Morgan fingerprint density at radius 1 is 1.10 bits per heavy atom. The Morgan fingerprint density at radius 3 is 2.41 bits per heavy atom. The lowest BCUT2D eigenvalue weighted by Crippen LogP contribution is -2.48. The highest BCUT2D eigenvalue weighted by molar-refractivity contribution is 7.89. The van der Waals surface area contributed by atoms with Gasteiger partial charge in [0.05, 0.1) is 22.6 Å². The van der Waals surface area contributed by atoms with Gasteiger partial charge in [-0.25, -0.2) is 8.42 Å². The van der Waals surface area contributed by atoms with Gasteiger partial charge in [0.1, 0.15) is 12.4 Å². The van der Waals surface area contributed by atoms with Gasteiger partial charge in [0.15, 0.2) is 0 Å². The third-order valence-corrected chi connectivity index (χ3v) is 9.80. The molecule has 2 amide bonds. The third-order valence-electron chi connectivity index (χ3n) is 7.55. The molecule has 11 heteroatoms. The largest absolute Gasteiger partial charge is 0.491 e. The van der Waals surface area contributed by atoms with Crippen molar-refractivity contribution in [3.63, 3.8) is 0 Å². The summed E-state index contributed by atoms with van der Waals surface area (Å²) < 4.78 is 40.7. The van der Waals surface area contributed by atoms with Crippen LogP contribution in [0.5, 0.6) is 5.75 Å². The zero-order valence-corrected chi connectivity index (χ0v) is 24.3. The molecule has 0 saturated heterocycles. The average molecular weight is 578 g/mol. The van der Waals surface area contributed by atoms with E-state index in [0.717, 1.165) is 19.3 Å². The first-order chi connectivity index (χ1) is 18.5. The van der Waals surface area contributed by atoms with E-state index >= 15 is 0 Å². The summed E-state index contributed by atoms with van der Waals surface area (Å²) in [6.45, 7) is 4.08. The van der Waals surface area contributed by atoms with Gasteiger partial charge in [0.25, 0.3) is 5.91 Å². The minimum atomic E-state index is -3.90. The summed E-state index contributed by atoms with van der Waals surface area (Å²) in [6, 6.07) is 10.5. The Labute approximate surface area is 235 Å². The molecule has 0 radical (unpaired) electrons. The molecule has 1 saturated carbocycles. The van der Waals surface area contributed by atoms with Gasteiger partial charge in [0.2, 0.25) is 15.9 Å². The van der Waals surface area contributed by atoms with Crippen molar-refractivity contribution in [3.05, 3.63) is 53.1 Å². The van der Waals surface area contributed by atoms with Crippen LogP contribution >= 0.6 is 11.6 Å². The second-order valence-corrected chi connectivity index (χ2v) is 12.8. The fourth-order valence-electron chi connectivity index (χ4n) is 4.81. The first kappa shape index (κ1) is 29.3. The van der Waals surface area contributed by atoms with Crippen LogP contribution in [-0.4, -0.2) is 75.4 Å². The molecule has 0 unspecified atom stereocenters. The van der Waals surface area contributed by atoms with Crippen molar-refractivity contribution in [2.45, 2.75) is 50.2 Å². The molecule has 212 valence electrons. The molecule has 2 aliphatic rings. The van der Waals surface area contributed by atoms with Gasteiger partial charge in [-0.1, -0.05) is 24.9 Å². The molecule has 1 fully saturated rings. The number of likely N-dealkylation sites (N-methyl/N-ethyl adjacent to an activating group) is 1. The zero-order chi connectivity index (χ0) is 28.3. The van der Waals surface area contributed by atoms with Crippen LogP contribution in [0.4, 0.5) is 5.69 Å². The number of nitrogens with zero attached hydrogens (tertiary/aromatic N) is 2. The Morgan fingerprint density at radius 2 is 1.79 bits per heavy atom. The summed E-state index contributed by atoms with van der Waals surface area (Å²) in [5.41, 5.74) is 0.797. The molecule has 0 spiro atoms. The predicted molar refractivity (Wildman–Crippen MR) is 150 cm³/mol. The Kier molecular flexibility index (Phi) is 9.21. The molecule has 2 aromatic rings. The minimum Gasteiger partial charge on any atom is -0.491 e. The highest BCUT2D eigenvalue weighted by atomic mass is 35.5. The number of hydrogen-bond acceptors (Lipinski definition) is 6. The fraction of sp³-hybridized carbons (Fsp3) is 0.500. The maximum absolute atomic E-state index is 13.7. The highest BCUT2D eigenvalue weighted by Gasteiger charge is 2.35. The van der Waals surface area contributed by atoms with Crippen LogP contribution < -0.4 is 10.1 Å². The van der Waals surface area contributed by atoms with E-state index in [1.54, 1.807) is 51.4 Å². The van der Waals surface area contributed by atoms with Gasteiger partial charge >= 0.3 is 0 Å². The molecule has 1 heterocycles. The van der Waals surface area contributed by atoms with Crippen LogP contribution in [-0.2, 0) is 19.6 Å². The van der Waals surface area contributed by atoms with Gasteiger partial charge in [-0.05, 0) is 68.1 Å². The number of anilines is 1. The van der Waals surface area contributed by atoms with Gasteiger partial charge in [-0.2, -0.15) is 4.31 Å². The Hall–Kier alpha value is -2.66. The summed E-state index contributed by atoms with van der Waals surface area (Å²) in [4.78, 5) is 27.7. The van der Waals surface area contributed by atoms with Crippen LogP contribution in [0, 0.1) is 11.8 Å². The average Bonchev–Trinajstić information content (AvgIpc) is 2.87. The number of hydrogen-bond donors (Lipinski definition) is 1. The maximum atomic E-state index is 13.7. The van der Waals surface area contributed by atoms with Crippen molar-refractivity contribution in [3.8, 4) is 5.75 Å². The quantitative estimate of drug-likeness (QED) is 0.569. The molecule has 2 aromatic carbocycles. The molecule has 1 aliphatic carbocycles. The van der Waals surface area contributed by atoms with E-state index in [9.17, 15) is 18.0 Å². The summed E-state index contributed by atoms with van der Waals surface area (Å²) >= 11 is 6.00. The van der Waals surface area contributed by atoms with Crippen molar-refractivity contribution < 1.29 is 27.5 Å². The highest BCUT2D eigenvalue weighted by Crippen LogP contribution is 2.31. The number of methoxy groups -OCH3 is 1. The van der Waals surface area contributed by atoms with Crippen LogP contribution in [0.3, 0.4) is 0 Å². The Balaban J connectivity index is 1.68. The van der Waals surface area contributed by atoms with E-state index < -0.39 is 22.2 Å². The molecular formula is C28H36ClN3O6S. The van der Waals surface area contributed by atoms with Gasteiger partial charge in [-0.3, -0.25) is 9.59 Å². The second-order valence-electron chi connectivity index (χ2n) is 10.5. The van der Waals surface area contributed by atoms with Crippen LogP contribution in [0.1, 0.15) is 43.5 Å². The first-order valence-corrected chi connectivity index (χ1v) is 15.0. The Bertz CT molecular complexity index is 1300. The lowest BCUT2D eigenvalue weighted by molar-refractivity contribution is -0.122. The normalized spacial score (nSPS) is 23.6. The van der Waals surface area contributed by atoms with Crippen LogP contribution in [0.2, 0.25) is 5.02 Å². The van der Waals surface area contributed by atoms with Crippen molar-refractivity contribution >= 4 is 39.1 Å². The number of halogens is 1. The number of rotatable bonds is 5. The van der Waals surface area contributed by atoms with Gasteiger partial charge in [0, 0.05) is 43.9 Å². The van der Waals surface area contributed by atoms with E-state index in [4.69, 9.17) is 21.1 Å². The van der Waals surface area contributed by atoms with Crippen molar-refractivity contribution in [1.82, 2.24) is 9.21 Å². The number of amides is 2. The molecule has 4 rings (SSSR count). The molecular weight excluding hydrogens is 542 g/mol. The number of carbonyl (C=O) groups is 2. The van der Waals surface area contributed by atoms with Crippen molar-refractivity contribution in [1.29, 1.82) is 0 Å². The third kappa shape index (κ3) is 6.57. The van der Waals surface area contributed by atoms with E-state index in [0.29, 0.717) is 16.5 Å². The maximum Gasteiger partial charge on any atom is 0.257 e. The lowest BCUT2D eigenvalue weighted by Gasteiger charge is -2.35. The number of ether oxygens (including phenoxy) is 2. The number of carbonyl (C=O) groups excluding carboxylic acids is 2. The van der Waals surface area contributed by atoms with Crippen molar-refractivity contribution in [2.24, 2.45) is 11.8 Å². The first-order valence-electron chi connectivity index (χ1n) is 13.1. The van der Waals surface area contributed by atoms with Crippen molar-refractivity contribution in [2.75, 3.05) is 39.2 Å². The summed E-state index contributed by atoms with van der Waals surface area (Å²) in [5, 5.41) is 3.36. The van der Waals surface area contributed by atoms with E-state index in [-0.39, 0.29) is 53.8 Å². The second kappa shape index (κ2) is 12.2. The molecule has 0 bridgehead atoms. The summed E-state index contributed by atoms with van der Waals surface area (Å²) in [6.07, 6.45) is 2.34. The van der Waals surface area contributed by atoms with Crippen LogP contribution in [0.15, 0.2) is 47.4 Å². The standard InChI is InChI=1S/C28H36ClN3O6S/c1-18-15-32(39(35,36)23-11-8-21(29)9-12-23)19(2)17-38-25-13-10-22(30-27(33)20-6-5-7-20)14-24(25)28(34)31(3)16-26(18)37-4/h8-14,18-20,26H,5-7,15-17H2,1-4H3,(H,30,33)/t18-,19-,26-/m1/s1. The minimum absolute atomic E-state index is 0.000944. The number of sulfonamides is 1. The zero-order valence-electron chi connectivity index (χ0n) is 22.7. The van der Waals surface area contributed by atoms with E-state index in [2.05, 4.69) is 5.32 Å². The van der Waals surface area contributed by atoms with Gasteiger partial charge < -0.3 is 19.7 Å². The SMILES string of the molecule is CO[C@@H]1CN(C)C(=O)c2cc(NC(=O)C3CCC3)ccc2OC[C@@H](C)N(S(=O)(=O)c2ccc(Cl)cc2)C[C@H]1C. The smallest absolute Gasteiger partial charge is 0.257 e. The molecule has 1 aliphatic heterocycles. The fourth-order valence-corrected chi connectivity index (χ4v) is 6.66. The molecule has 39 heavy (non-hydrogen) atoms. The molecule has 0 aromatic heterocycles.